The van der Waals surface area contributed by atoms with Gasteiger partial charge in [-0.05, 0) is 20.8 Å². The first-order valence-corrected chi connectivity index (χ1v) is 7.70. The SMILES string of the molecule is COCCN(CCOC)c1ncc(CNC(C)(C)C)s1. The molecule has 0 saturated carbocycles. The van der Waals surface area contributed by atoms with E-state index in [1.54, 1.807) is 25.6 Å². The van der Waals surface area contributed by atoms with Crippen molar-refractivity contribution in [2.24, 2.45) is 0 Å². The maximum Gasteiger partial charge on any atom is 0.185 e. The summed E-state index contributed by atoms with van der Waals surface area (Å²) in [4.78, 5) is 7.97. The molecule has 1 N–H and O–H groups in total. The number of hydrogen-bond donors (Lipinski definition) is 1. The molecular weight excluding hydrogens is 274 g/mol. The first kappa shape index (κ1) is 17.4. The highest BCUT2D eigenvalue weighted by atomic mass is 32.1. The first-order valence-electron chi connectivity index (χ1n) is 6.89. The zero-order valence-electron chi connectivity index (χ0n) is 13.2. The molecule has 0 amide bonds. The molecule has 5 nitrogen and oxygen atoms in total. The van der Waals surface area contributed by atoms with Crippen LogP contribution in [0.1, 0.15) is 25.6 Å². The number of aromatic nitrogens is 1. The Hall–Kier alpha value is -0.690. The van der Waals surface area contributed by atoms with Crippen LogP contribution in [0.2, 0.25) is 0 Å². The fourth-order valence-electron chi connectivity index (χ4n) is 1.58. The van der Waals surface area contributed by atoms with Crippen molar-refractivity contribution in [3.63, 3.8) is 0 Å². The van der Waals surface area contributed by atoms with E-state index < -0.39 is 0 Å². The molecule has 0 unspecified atom stereocenters. The largest absolute Gasteiger partial charge is 0.383 e. The van der Waals surface area contributed by atoms with Gasteiger partial charge in [0.2, 0.25) is 0 Å². The molecule has 0 atom stereocenters. The van der Waals surface area contributed by atoms with Crippen LogP contribution in [0, 0.1) is 0 Å². The van der Waals surface area contributed by atoms with Gasteiger partial charge in [0, 0.05) is 50.5 Å². The Bertz CT molecular complexity index is 369. The van der Waals surface area contributed by atoms with E-state index in [1.807, 2.05) is 6.20 Å². The van der Waals surface area contributed by atoms with Crippen LogP contribution >= 0.6 is 11.3 Å². The topological polar surface area (TPSA) is 46.6 Å². The molecule has 0 radical (unpaired) electrons. The quantitative estimate of drug-likeness (QED) is 0.757. The smallest absolute Gasteiger partial charge is 0.185 e. The molecule has 6 heteroatoms. The Morgan fingerprint density at radius 1 is 1.20 bits per heavy atom. The molecule has 116 valence electrons. The van der Waals surface area contributed by atoms with Gasteiger partial charge < -0.3 is 19.7 Å². The van der Waals surface area contributed by atoms with Crippen LogP contribution in [-0.2, 0) is 16.0 Å². The van der Waals surface area contributed by atoms with Gasteiger partial charge in [-0.2, -0.15) is 0 Å². The van der Waals surface area contributed by atoms with E-state index in [0.717, 1.165) is 24.8 Å². The lowest BCUT2D eigenvalue weighted by Gasteiger charge is -2.21. The van der Waals surface area contributed by atoms with E-state index in [4.69, 9.17) is 9.47 Å². The van der Waals surface area contributed by atoms with Gasteiger partial charge in [-0.25, -0.2) is 4.98 Å². The maximum atomic E-state index is 5.15. The predicted octanol–water partition coefficient (Wildman–Crippen LogP) is 2.13. The summed E-state index contributed by atoms with van der Waals surface area (Å²) in [5, 5.41) is 4.51. The van der Waals surface area contributed by atoms with Crippen LogP contribution in [-0.4, -0.2) is 51.0 Å². The van der Waals surface area contributed by atoms with Gasteiger partial charge >= 0.3 is 0 Å². The Labute approximate surface area is 126 Å². The second-order valence-corrected chi connectivity index (χ2v) is 6.78. The molecule has 1 heterocycles. The molecule has 0 aliphatic rings. The van der Waals surface area contributed by atoms with Crippen LogP contribution in [0.5, 0.6) is 0 Å². The van der Waals surface area contributed by atoms with E-state index >= 15 is 0 Å². The molecule has 0 aliphatic heterocycles. The fraction of sp³-hybridized carbons (Fsp3) is 0.786. The summed E-state index contributed by atoms with van der Waals surface area (Å²) < 4.78 is 10.3. The third-order valence-electron chi connectivity index (χ3n) is 2.74. The van der Waals surface area contributed by atoms with E-state index in [2.05, 4.69) is 36.0 Å². The Kier molecular flexibility index (Phi) is 7.43. The van der Waals surface area contributed by atoms with Gasteiger partial charge in [0.05, 0.1) is 13.2 Å². The van der Waals surface area contributed by atoms with Crippen LogP contribution < -0.4 is 10.2 Å². The van der Waals surface area contributed by atoms with Crippen LogP contribution in [0.4, 0.5) is 5.13 Å². The van der Waals surface area contributed by atoms with Crippen molar-refractivity contribution in [2.45, 2.75) is 32.9 Å². The number of thiazole rings is 1. The number of methoxy groups -OCH3 is 2. The van der Waals surface area contributed by atoms with Crippen LogP contribution in [0.15, 0.2) is 6.20 Å². The highest BCUT2D eigenvalue weighted by Gasteiger charge is 2.13. The Morgan fingerprint density at radius 3 is 2.30 bits per heavy atom. The minimum Gasteiger partial charge on any atom is -0.383 e. The van der Waals surface area contributed by atoms with Gasteiger partial charge in [-0.3, -0.25) is 0 Å². The number of hydrogen-bond acceptors (Lipinski definition) is 6. The van der Waals surface area contributed by atoms with Crippen molar-refractivity contribution < 1.29 is 9.47 Å². The lowest BCUT2D eigenvalue weighted by atomic mass is 10.1. The summed E-state index contributed by atoms with van der Waals surface area (Å²) in [5.74, 6) is 0. The Balaban J connectivity index is 2.59. The zero-order valence-corrected chi connectivity index (χ0v) is 14.0. The van der Waals surface area contributed by atoms with E-state index in [9.17, 15) is 0 Å². The highest BCUT2D eigenvalue weighted by Crippen LogP contribution is 2.22. The molecule has 1 rings (SSSR count). The summed E-state index contributed by atoms with van der Waals surface area (Å²) in [7, 11) is 3.43. The van der Waals surface area contributed by atoms with Gasteiger partial charge in [-0.15, -0.1) is 11.3 Å². The fourth-order valence-corrected chi connectivity index (χ4v) is 2.48. The molecule has 0 saturated heterocycles. The number of ether oxygens (including phenoxy) is 2. The molecule has 1 aromatic rings. The average Bonchev–Trinajstić information content (AvgIpc) is 2.84. The third-order valence-corrected chi connectivity index (χ3v) is 3.79. The minimum atomic E-state index is 0.121. The van der Waals surface area contributed by atoms with Crippen molar-refractivity contribution in [3.8, 4) is 0 Å². The summed E-state index contributed by atoms with van der Waals surface area (Å²) in [6.07, 6.45) is 1.95. The molecular formula is C14H27N3O2S. The van der Waals surface area contributed by atoms with Gasteiger partial charge in [0.15, 0.2) is 5.13 Å². The van der Waals surface area contributed by atoms with E-state index in [0.29, 0.717) is 13.2 Å². The monoisotopic (exact) mass is 301 g/mol. The average molecular weight is 301 g/mol. The zero-order chi connectivity index (χ0) is 15.0. The van der Waals surface area contributed by atoms with Gasteiger partial charge in [-0.1, -0.05) is 0 Å². The summed E-state index contributed by atoms with van der Waals surface area (Å²) >= 11 is 1.72. The molecule has 1 aromatic heterocycles. The second-order valence-electron chi connectivity index (χ2n) is 5.69. The van der Waals surface area contributed by atoms with E-state index in [-0.39, 0.29) is 5.54 Å². The summed E-state index contributed by atoms with van der Waals surface area (Å²) in [6.45, 7) is 10.4. The Morgan fingerprint density at radius 2 is 1.80 bits per heavy atom. The molecule has 0 bridgehead atoms. The first-order chi connectivity index (χ1) is 9.46. The highest BCUT2D eigenvalue weighted by molar-refractivity contribution is 7.15. The van der Waals surface area contributed by atoms with Crippen molar-refractivity contribution in [1.29, 1.82) is 0 Å². The van der Waals surface area contributed by atoms with E-state index in [1.165, 1.54) is 4.88 Å². The molecule has 0 aliphatic carbocycles. The predicted molar refractivity (Wildman–Crippen MR) is 84.7 cm³/mol. The number of nitrogens with one attached hydrogen (secondary N) is 1. The number of nitrogens with zero attached hydrogens (tertiary/aromatic N) is 2. The minimum absolute atomic E-state index is 0.121. The maximum absolute atomic E-state index is 5.15. The lowest BCUT2D eigenvalue weighted by molar-refractivity contribution is 0.190. The van der Waals surface area contributed by atoms with Crippen LogP contribution in [0.3, 0.4) is 0 Å². The van der Waals surface area contributed by atoms with Gasteiger partial charge in [0.25, 0.3) is 0 Å². The van der Waals surface area contributed by atoms with Crippen LogP contribution in [0.25, 0.3) is 0 Å². The number of rotatable bonds is 9. The molecule has 0 fully saturated rings. The normalized spacial score (nSPS) is 11.8. The molecule has 20 heavy (non-hydrogen) atoms. The molecule has 0 aromatic carbocycles. The summed E-state index contributed by atoms with van der Waals surface area (Å²) in [6, 6.07) is 0. The van der Waals surface area contributed by atoms with Gasteiger partial charge in [0.1, 0.15) is 0 Å². The third kappa shape index (κ3) is 6.65. The molecule has 0 spiro atoms. The lowest BCUT2D eigenvalue weighted by Crippen LogP contribution is -2.34. The van der Waals surface area contributed by atoms with Crippen molar-refractivity contribution in [3.05, 3.63) is 11.1 Å². The number of anilines is 1. The standard InChI is InChI=1S/C14H27N3O2S/c1-14(2,3)16-11-12-10-15-13(20-12)17(6-8-18-4)7-9-19-5/h10,16H,6-9,11H2,1-5H3. The van der Waals surface area contributed by atoms with Crippen molar-refractivity contribution in [1.82, 2.24) is 10.3 Å². The second kappa shape index (κ2) is 8.56. The van der Waals surface area contributed by atoms with Crippen molar-refractivity contribution in [2.75, 3.05) is 45.4 Å². The summed E-state index contributed by atoms with van der Waals surface area (Å²) in [5.41, 5.74) is 0.121. The van der Waals surface area contributed by atoms with Crippen molar-refractivity contribution >= 4 is 16.5 Å².